The molecule has 20 heavy (non-hydrogen) atoms. The maximum Gasteiger partial charge on any atom is 0.255 e. The normalized spacial score (nSPS) is 12.1. The smallest absolute Gasteiger partial charge is 0.255 e. The van der Waals surface area contributed by atoms with E-state index < -0.39 is 5.91 Å². The number of aromatic nitrogens is 1. The lowest BCUT2D eigenvalue weighted by molar-refractivity contribution is 0.100. The van der Waals surface area contributed by atoms with Crippen molar-refractivity contribution in [2.24, 2.45) is 5.73 Å². The van der Waals surface area contributed by atoms with E-state index in [-0.39, 0.29) is 5.82 Å². The van der Waals surface area contributed by atoms with Gasteiger partial charge in [-0.15, -0.1) is 0 Å². The molecule has 0 bridgehead atoms. The molecule has 0 aliphatic rings. The third-order valence-electron chi connectivity index (χ3n) is 3.20. The first-order chi connectivity index (χ1) is 9.59. The number of nitrogens with one attached hydrogen (secondary N) is 1. The number of hydrogen-bond donors (Lipinski definition) is 3. The van der Waals surface area contributed by atoms with Crippen molar-refractivity contribution in [3.8, 4) is 0 Å². The van der Waals surface area contributed by atoms with Gasteiger partial charge in [-0.25, -0.2) is 0 Å². The van der Waals surface area contributed by atoms with Crippen molar-refractivity contribution >= 4 is 28.3 Å². The van der Waals surface area contributed by atoms with Crippen LogP contribution in [0.15, 0.2) is 30.3 Å². The number of carbonyl (C=O) groups excluding carboxylic acids is 1. The lowest BCUT2D eigenvalue weighted by atomic mass is 9.98. The Labute approximate surface area is 122 Å². The van der Waals surface area contributed by atoms with Crippen LogP contribution in [-0.4, -0.2) is 16.8 Å². The summed E-state index contributed by atoms with van der Waals surface area (Å²) in [5.41, 5.74) is 12.5. The number of nitrogen functional groups attached to an aromatic ring is 1. The highest BCUT2D eigenvalue weighted by Gasteiger charge is 2.16. The van der Waals surface area contributed by atoms with Crippen molar-refractivity contribution in [3.63, 3.8) is 0 Å². The standard InChI is InChI=1S/C14H18N4OS/c1-9(10-5-3-2-4-6-10)7-8-17-14-11(13(16)19)12(15)18-20-14/h2-6,9,17H,7-8H2,1H3,(H2,15,18)(H2,16,19). The highest BCUT2D eigenvalue weighted by Crippen LogP contribution is 2.26. The molecule has 1 aromatic heterocycles. The SMILES string of the molecule is CC(CCNc1snc(N)c1C(N)=O)c1ccccc1. The highest BCUT2D eigenvalue weighted by atomic mass is 32.1. The predicted molar refractivity (Wildman–Crippen MR) is 83.0 cm³/mol. The van der Waals surface area contributed by atoms with Crippen molar-refractivity contribution in [3.05, 3.63) is 41.5 Å². The molecule has 0 radical (unpaired) electrons. The molecule has 5 nitrogen and oxygen atoms in total. The summed E-state index contributed by atoms with van der Waals surface area (Å²) >= 11 is 1.17. The van der Waals surface area contributed by atoms with Gasteiger partial charge in [0.1, 0.15) is 10.6 Å². The van der Waals surface area contributed by atoms with Crippen LogP contribution in [0.2, 0.25) is 0 Å². The number of anilines is 2. The van der Waals surface area contributed by atoms with Gasteiger partial charge in [-0.2, -0.15) is 4.37 Å². The number of hydrogen-bond acceptors (Lipinski definition) is 5. The Morgan fingerprint density at radius 3 is 2.75 bits per heavy atom. The Kier molecular flexibility index (Phi) is 4.57. The Morgan fingerprint density at radius 1 is 1.40 bits per heavy atom. The van der Waals surface area contributed by atoms with Gasteiger partial charge >= 0.3 is 0 Å². The number of amides is 1. The molecular weight excluding hydrogens is 272 g/mol. The van der Waals surface area contributed by atoms with Gasteiger partial charge in [0.05, 0.1) is 0 Å². The fourth-order valence-electron chi connectivity index (χ4n) is 2.01. The van der Waals surface area contributed by atoms with Crippen LogP contribution in [0.25, 0.3) is 0 Å². The summed E-state index contributed by atoms with van der Waals surface area (Å²) in [6, 6.07) is 10.3. The van der Waals surface area contributed by atoms with Crippen molar-refractivity contribution in [2.45, 2.75) is 19.3 Å². The quantitative estimate of drug-likeness (QED) is 0.761. The van der Waals surface area contributed by atoms with Gasteiger partial charge in [-0.05, 0) is 29.4 Å². The summed E-state index contributed by atoms with van der Waals surface area (Å²) in [5.74, 6) is 0.0852. The molecule has 1 heterocycles. The molecule has 2 rings (SSSR count). The van der Waals surface area contributed by atoms with Crippen molar-refractivity contribution in [1.29, 1.82) is 0 Å². The number of carbonyl (C=O) groups is 1. The number of nitrogens with zero attached hydrogens (tertiary/aromatic N) is 1. The van der Waals surface area contributed by atoms with E-state index in [0.717, 1.165) is 13.0 Å². The molecule has 5 N–H and O–H groups in total. The summed E-state index contributed by atoms with van der Waals surface area (Å²) in [5, 5.41) is 3.84. The predicted octanol–water partition coefficient (Wildman–Crippen LogP) is 2.43. The van der Waals surface area contributed by atoms with Crippen LogP contribution >= 0.6 is 11.5 Å². The van der Waals surface area contributed by atoms with Gasteiger partial charge in [-0.1, -0.05) is 37.3 Å². The van der Waals surface area contributed by atoms with Gasteiger partial charge < -0.3 is 16.8 Å². The summed E-state index contributed by atoms with van der Waals surface area (Å²) in [4.78, 5) is 11.3. The first-order valence-corrected chi connectivity index (χ1v) is 7.20. The molecule has 0 spiro atoms. The number of primary amides is 1. The lowest BCUT2D eigenvalue weighted by Gasteiger charge is -2.12. The van der Waals surface area contributed by atoms with E-state index in [4.69, 9.17) is 11.5 Å². The second-order valence-electron chi connectivity index (χ2n) is 4.66. The van der Waals surface area contributed by atoms with E-state index >= 15 is 0 Å². The van der Waals surface area contributed by atoms with Crippen molar-refractivity contribution < 1.29 is 4.79 Å². The average Bonchev–Trinajstić information content (AvgIpc) is 2.81. The van der Waals surface area contributed by atoms with E-state index in [9.17, 15) is 4.79 Å². The second-order valence-corrected chi connectivity index (χ2v) is 5.44. The maximum absolute atomic E-state index is 11.3. The molecule has 0 aliphatic heterocycles. The van der Waals surface area contributed by atoms with Gasteiger partial charge in [0, 0.05) is 6.54 Å². The molecule has 1 aromatic carbocycles. The van der Waals surface area contributed by atoms with Crippen LogP contribution in [-0.2, 0) is 0 Å². The van der Waals surface area contributed by atoms with Crippen LogP contribution in [0.5, 0.6) is 0 Å². The van der Waals surface area contributed by atoms with E-state index in [2.05, 4.69) is 28.7 Å². The summed E-state index contributed by atoms with van der Waals surface area (Å²) in [6.45, 7) is 2.91. The molecule has 1 amide bonds. The molecule has 106 valence electrons. The van der Waals surface area contributed by atoms with E-state index in [1.165, 1.54) is 17.1 Å². The fourth-order valence-corrected chi connectivity index (χ4v) is 2.76. The van der Waals surface area contributed by atoms with Crippen LogP contribution in [0.3, 0.4) is 0 Å². The highest BCUT2D eigenvalue weighted by molar-refractivity contribution is 7.11. The zero-order valence-corrected chi connectivity index (χ0v) is 12.1. The molecule has 2 aromatic rings. The topological polar surface area (TPSA) is 94.0 Å². The van der Waals surface area contributed by atoms with E-state index in [1.54, 1.807) is 0 Å². The van der Waals surface area contributed by atoms with Crippen molar-refractivity contribution in [1.82, 2.24) is 4.37 Å². The van der Waals surface area contributed by atoms with E-state index in [0.29, 0.717) is 16.5 Å². The first kappa shape index (κ1) is 14.3. The van der Waals surface area contributed by atoms with E-state index in [1.807, 2.05) is 18.2 Å². The molecular formula is C14H18N4OS. The van der Waals surface area contributed by atoms with Gasteiger partial charge in [0.25, 0.3) is 5.91 Å². The average molecular weight is 290 g/mol. The molecule has 0 fully saturated rings. The lowest BCUT2D eigenvalue weighted by Crippen LogP contribution is -2.15. The summed E-state index contributed by atoms with van der Waals surface area (Å²) in [7, 11) is 0. The largest absolute Gasteiger partial charge is 0.382 e. The maximum atomic E-state index is 11.3. The molecule has 1 atom stereocenters. The van der Waals surface area contributed by atoms with Gasteiger partial charge in [-0.3, -0.25) is 4.79 Å². The zero-order valence-electron chi connectivity index (χ0n) is 11.3. The van der Waals surface area contributed by atoms with Crippen LogP contribution in [0.1, 0.15) is 35.2 Å². The van der Waals surface area contributed by atoms with Crippen molar-refractivity contribution in [2.75, 3.05) is 17.6 Å². The third-order valence-corrected chi connectivity index (χ3v) is 4.02. The van der Waals surface area contributed by atoms with Crippen LogP contribution in [0.4, 0.5) is 10.8 Å². The monoisotopic (exact) mass is 290 g/mol. The van der Waals surface area contributed by atoms with Crippen LogP contribution < -0.4 is 16.8 Å². The Hall–Kier alpha value is -2.08. The Balaban J connectivity index is 1.92. The summed E-state index contributed by atoms with van der Waals surface area (Å²) < 4.78 is 3.95. The number of rotatable bonds is 6. The minimum atomic E-state index is -0.546. The molecule has 0 aliphatic carbocycles. The van der Waals surface area contributed by atoms with Crippen LogP contribution in [0, 0.1) is 0 Å². The number of nitrogens with two attached hydrogens (primary N) is 2. The zero-order chi connectivity index (χ0) is 14.5. The fraction of sp³-hybridized carbons (Fsp3) is 0.286. The van der Waals surface area contributed by atoms with Gasteiger partial charge in [0.15, 0.2) is 5.82 Å². The Morgan fingerprint density at radius 2 is 2.10 bits per heavy atom. The molecule has 6 heteroatoms. The van der Waals surface area contributed by atoms with Gasteiger partial charge in [0.2, 0.25) is 0 Å². The first-order valence-electron chi connectivity index (χ1n) is 6.43. The Bertz CT molecular complexity index is 582. The number of benzene rings is 1. The third kappa shape index (κ3) is 3.27. The summed E-state index contributed by atoms with van der Waals surface area (Å²) in [6.07, 6.45) is 0.944. The molecule has 0 saturated heterocycles. The minimum absolute atomic E-state index is 0.195. The molecule has 1 unspecified atom stereocenters. The second kappa shape index (κ2) is 6.38. The molecule has 0 saturated carbocycles. The minimum Gasteiger partial charge on any atom is -0.382 e.